The SMILES string of the molecule is OC(CNc1ccc(Br)c(F)c1)c1ccco1. The Balaban J connectivity index is 1.96. The van der Waals surface area contributed by atoms with Crippen molar-refractivity contribution in [3.05, 3.63) is 52.6 Å². The van der Waals surface area contributed by atoms with Crippen molar-refractivity contribution in [2.24, 2.45) is 0 Å². The summed E-state index contributed by atoms with van der Waals surface area (Å²) in [5.41, 5.74) is 0.608. The summed E-state index contributed by atoms with van der Waals surface area (Å²) in [7, 11) is 0. The zero-order valence-electron chi connectivity index (χ0n) is 8.86. The molecule has 1 unspecified atom stereocenters. The van der Waals surface area contributed by atoms with Gasteiger partial charge in [0.15, 0.2) is 0 Å². The van der Waals surface area contributed by atoms with Crippen LogP contribution in [0.3, 0.4) is 0 Å². The predicted molar refractivity (Wildman–Crippen MR) is 66.3 cm³/mol. The van der Waals surface area contributed by atoms with E-state index in [0.717, 1.165) is 0 Å². The zero-order chi connectivity index (χ0) is 12.3. The quantitative estimate of drug-likeness (QED) is 0.910. The van der Waals surface area contributed by atoms with E-state index in [1.54, 1.807) is 24.3 Å². The number of aliphatic hydroxyl groups is 1. The van der Waals surface area contributed by atoms with Gasteiger partial charge >= 0.3 is 0 Å². The number of furan rings is 1. The Bertz CT molecular complexity index is 487. The minimum atomic E-state index is -0.753. The molecule has 0 saturated carbocycles. The lowest BCUT2D eigenvalue weighted by Crippen LogP contribution is -2.11. The van der Waals surface area contributed by atoms with Gasteiger partial charge in [0.25, 0.3) is 0 Å². The summed E-state index contributed by atoms with van der Waals surface area (Å²) in [6, 6.07) is 8.09. The molecule has 0 bridgehead atoms. The molecule has 17 heavy (non-hydrogen) atoms. The van der Waals surface area contributed by atoms with Crippen LogP contribution in [0.5, 0.6) is 0 Å². The highest BCUT2D eigenvalue weighted by Gasteiger charge is 2.10. The Hall–Kier alpha value is -1.33. The maximum atomic E-state index is 13.2. The van der Waals surface area contributed by atoms with Crippen LogP contribution in [0.15, 0.2) is 45.5 Å². The van der Waals surface area contributed by atoms with Crippen LogP contribution in [0.1, 0.15) is 11.9 Å². The van der Waals surface area contributed by atoms with Crippen LogP contribution in [0.4, 0.5) is 10.1 Å². The zero-order valence-corrected chi connectivity index (χ0v) is 10.4. The molecule has 2 rings (SSSR count). The van der Waals surface area contributed by atoms with E-state index in [1.165, 1.54) is 12.3 Å². The Morgan fingerprint density at radius 3 is 2.88 bits per heavy atom. The molecule has 0 amide bonds. The van der Waals surface area contributed by atoms with E-state index in [-0.39, 0.29) is 12.4 Å². The highest BCUT2D eigenvalue weighted by Crippen LogP contribution is 2.20. The molecule has 0 aliphatic heterocycles. The van der Waals surface area contributed by atoms with Crippen molar-refractivity contribution >= 4 is 21.6 Å². The fraction of sp³-hybridized carbons (Fsp3) is 0.167. The molecule has 0 radical (unpaired) electrons. The number of hydrogen-bond acceptors (Lipinski definition) is 3. The lowest BCUT2D eigenvalue weighted by atomic mass is 10.2. The number of rotatable bonds is 4. The minimum Gasteiger partial charge on any atom is -0.467 e. The Kier molecular flexibility index (Phi) is 3.81. The highest BCUT2D eigenvalue weighted by atomic mass is 79.9. The molecule has 90 valence electrons. The van der Waals surface area contributed by atoms with Gasteiger partial charge in [-0.15, -0.1) is 0 Å². The van der Waals surface area contributed by atoms with Crippen molar-refractivity contribution in [3.8, 4) is 0 Å². The van der Waals surface area contributed by atoms with Crippen molar-refractivity contribution in [1.29, 1.82) is 0 Å². The van der Waals surface area contributed by atoms with E-state index >= 15 is 0 Å². The number of benzene rings is 1. The van der Waals surface area contributed by atoms with E-state index in [4.69, 9.17) is 4.42 Å². The minimum absolute atomic E-state index is 0.259. The lowest BCUT2D eigenvalue weighted by Gasteiger charge is -2.10. The van der Waals surface area contributed by atoms with Crippen LogP contribution in [-0.4, -0.2) is 11.7 Å². The number of halogens is 2. The summed E-state index contributed by atoms with van der Waals surface area (Å²) in [5.74, 6) is 0.137. The maximum absolute atomic E-state index is 13.2. The summed E-state index contributed by atoms with van der Waals surface area (Å²) in [5, 5.41) is 12.7. The largest absolute Gasteiger partial charge is 0.467 e. The van der Waals surface area contributed by atoms with E-state index < -0.39 is 6.10 Å². The molecule has 5 heteroatoms. The van der Waals surface area contributed by atoms with Crippen LogP contribution in [-0.2, 0) is 0 Å². The molecule has 3 nitrogen and oxygen atoms in total. The average molecular weight is 300 g/mol. The molecule has 1 atom stereocenters. The second-order valence-corrected chi connectivity index (χ2v) is 4.40. The fourth-order valence-electron chi connectivity index (χ4n) is 1.40. The van der Waals surface area contributed by atoms with Crippen molar-refractivity contribution in [2.45, 2.75) is 6.10 Å². The molecule has 1 aromatic heterocycles. The Labute approximate surface area is 106 Å². The first-order valence-corrected chi connectivity index (χ1v) is 5.86. The van der Waals surface area contributed by atoms with E-state index in [2.05, 4.69) is 21.2 Å². The second kappa shape index (κ2) is 5.33. The third-order valence-electron chi connectivity index (χ3n) is 2.29. The van der Waals surface area contributed by atoms with Gasteiger partial charge in [-0.25, -0.2) is 4.39 Å². The predicted octanol–water partition coefficient (Wildman–Crippen LogP) is 3.33. The van der Waals surface area contributed by atoms with Crippen molar-refractivity contribution in [2.75, 3.05) is 11.9 Å². The van der Waals surface area contributed by atoms with Crippen molar-refractivity contribution in [1.82, 2.24) is 0 Å². The first kappa shape index (κ1) is 12.1. The van der Waals surface area contributed by atoms with Crippen LogP contribution in [0, 0.1) is 5.82 Å². The van der Waals surface area contributed by atoms with Crippen molar-refractivity contribution in [3.63, 3.8) is 0 Å². The Morgan fingerprint density at radius 2 is 2.24 bits per heavy atom. The van der Waals surface area contributed by atoms with Gasteiger partial charge in [-0.3, -0.25) is 0 Å². The summed E-state index contributed by atoms with van der Waals surface area (Å²) in [4.78, 5) is 0. The van der Waals surface area contributed by atoms with Gasteiger partial charge in [-0.1, -0.05) is 0 Å². The van der Waals surface area contributed by atoms with E-state index in [1.807, 2.05) is 0 Å². The number of nitrogens with one attached hydrogen (secondary N) is 1. The highest BCUT2D eigenvalue weighted by molar-refractivity contribution is 9.10. The smallest absolute Gasteiger partial charge is 0.139 e. The molecule has 2 N–H and O–H groups in total. The molecule has 0 spiro atoms. The molecule has 1 heterocycles. The third kappa shape index (κ3) is 3.08. The molecular formula is C12H11BrFNO2. The van der Waals surface area contributed by atoms with Crippen LogP contribution < -0.4 is 5.32 Å². The number of aliphatic hydroxyl groups excluding tert-OH is 1. The Morgan fingerprint density at radius 1 is 1.41 bits per heavy atom. The molecular weight excluding hydrogens is 289 g/mol. The molecule has 2 aromatic rings. The van der Waals surface area contributed by atoms with Crippen LogP contribution in [0.25, 0.3) is 0 Å². The molecule has 0 saturated heterocycles. The average Bonchev–Trinajstić information content (AvgIpc) is 2.84. The first-order valence-electron chi connectivity index (χ1n) is 5.07. The van der Waals surface area contributed by atoms with Gasteiger partial charge in [0.1, 0.15) is 17.7 Å². The lowest BCUT2D eigenvalue weighted by molar-refractivity contribution is 0.162. The fourth-order valence-corrected chi connectivity index (χ4v) is 1.65. The van der Waals surface area contributed by atoms with Gasteiger partial charge in [-0.2, -0.15) is 0 Å². The van der Waals surface area contributed by atoms with Crippen LogP contribution >= 0.6 is 15.9 Å². The number of anilines is 1. The van der Waals surface area contributed by atoms with E-state index in [9.17, 15) is 9.50 Å². The van der Waals surface area contributed by atoms with E-state index in [0.29, 0.717) is 15.9 Å². The molecule has 1 aromatic carbocycles. The second-order valence-electron chi connectivity index (χ2n) is 3.54. The molecule has 0 aliphatic carbocycles. The monoisotopic (exact) mass is 299 g/mol. The maximum Gasteiger partial charge on any atom is 0.139 e. The van der Waals surface area contributed by atoms with Gasteiger partial charge in [0, 0.05) is 12.2 Å². The standard InChI is InChI=1S/C12H11BrFNO2/c13-9-4-3-8(6-10(9)14)15-7-11(16)12-2-1-5-17-12/h1-6,11,15-16H,7H2. The number of hydrogen-bond donors (Lipinski definition) is 2. The van der Waals surface area contributed by atoms with Crippen LogP contribution in [0.2, 0.25) is 0 Å². The topological polar surface area (TPSA) is 45.4 Å². The normalized spacial score (nSPS) is 12.4. The summed E-state index contributed by atoms with van der Waals surface area (Å²) in [6.07, 6.45) is 0.745. The summed E-state index contributed by atoms with van der Waals surface area (Å²) < 4.78 is 18.7. The summed E-state index contributed by atoms with van der Waals surface area (Å²) in [6.45, 7) is 0.259. The van der Waals surface area contributed by atoms with Gasteiger partial charge in [-0.05, 0) is 46.3 Å². The van der Waals surface area contributed by atoms with Gasteiger partial charge < -0.3 is 14.8 Å². The van der Waals surface area contributed by atoms with Gasteiger partial charge in [0.2, 0.25) is 0 Å². The van der Waals surface area contributed by atoms with Crippen molar-refractivity contribution < 1.29 is 13.9 Å². The molecule has 0 fully saturated rings. The molecule has 0 aliphatic rings. The third-order valence-corrected chi connectivity index (χ3v) is 2.93. The first-order chi connectivity index (χ1) is 8.16. The summed E-state index contributed by atoms with van der Waals surface area (Å²) >= 11 is 3.07. The van der Waals surface area contributed by atoms with Gasteiger partial charge in [0.05, 0.1) is 10.7 Å².